The molecule has 0 heteroatoms. The zero-order chi connectivity index (χ0) is 9.68. The normalized spacial score (nSPS) is 10.0. The van der Waals surface area contributed by atoms with Crippen LogP contribution in [0.15, 0.2) is 36.4 Å². The summed E-state index contributed by atoms with van der Waals surface area (Å²) in [4.78, 5) is 0. The second kappa shape index (κ2) is 4.86. The number of hydrogen-bond donors (Lipinski definition) is 0. The first-order valence-corrected chi connectivity index (χ1v) is 4.95. The van der Waals surface area contributed by atoms with Crippen LogP contribution in [0.3, 0.4) is 0 Å². The second-order valence-corrected chi connectivity index (χ2v) is 3.60. The van der Waals surface area contributed by atoms with Gasteiger partial charge in [-0.2, -0.15) is 0 Å². The standard InChI is InChI=1S/C13H18/c1-4-7-11(2)10-13-9-6-5-8-12(13)3/h5-6,8-9H,2,4,7,10H2,1,3H3. The van der Waals surface area contributed by atoms with Crippen LogP contribution in [0.5, 0.6) is 0 Å². The highest BCUT2D eigenvalue weighted by atomic mass is 14.0. The average Bonchev–Trinajstić information content (AvgIpc) is 2.09. The van der Waals surface area contributed by atoms with Crippen molar-refractivity contribution >= 4 is 0 Å². The fourth-order valence-electron chi connectivity index (χ4n) is 1.52. The third-order valence-electron chi connectivity index (χ3n) is 2.31. The summed E-state index contributed by atoms with van der Waals surface area (Å²) in [5, 5.41) is 0. The lowest BCUT2D eigenvalue weighted by Gasteiger charge is -2.06. The van der Waals surface area contributed by atoms with E-state index < -0.39 is 0 Å². The minimum atomic E-state index is 1.04. The van der Waals surface area contributed by atoms with Gasteiger partial charge in [-0.1, -0.05) is 49.8 Å². The number of allylic oxidation sites excluding steroid dienone is 1. The van der Waals surface area contributed by atoms with Gasteiger partial charge in [-0.15, -0.1) is 0 Å². The van der Waals surface area contributed by atoms with Gasteiger partial charge in [0.1, 0.15) is 0 Å². The van der Waals surface area contributed by atoms with Crippen LogP contribution < -0.4 is 0 Å². The number of hydrogen-bond acceptors (Lipinski definition) is 0. The van der Waals surface area contributed by atoms with Crippen molar-refractivity contribution in [2.45, 2.75) is 33.1 Å². The number of benzene rings is 1. The summed E-state index contributed by atoms with van der Waals surface area (Å²) in [6.07, 6.45) is 3.39. The quantitative estimate of drug-likeness (QED) is 0.607. The van der Waals surface area contributed by atoms with Gasteiger partial charge in [0.15, 0.2) is 0 Å². The van der Waals surface area contributed by atoms with Crippen molar-refractivity contribution in [3.8, 4) is 0 Å². The Labute approximate surface area is 81.3 Å². The molecule has 1 rings (SSSR count). The Hall–Kier alpha value is -1.04. The smallest absolute Gasteiger partial charge is 0.00672 e. The van der Waals surface area contributed by atoms with E-state index >= 15 is 0 Å². The van der Waals surface area contributed by atoms with E-state index in [1.807, 2.05) is 0 Å². The van der Waals surface area contributed by atoms with Crippen molar-refractivity contribution in [3.63, 3.8) is 0 Å². The summed E-state index contributed by atoms with van der Waals surface area (Å²) >= 11 is 0. The van der Waals surface area contributed by atoms with Gasteiger partial charge in [0.25, 0.3) is 0 Å². The van der Waals surface area contributed by atoms with Gasteiger partial charge in [0, 0.05) is 0 Å². The molecule has 0 saturated carbocycles. The first kappa shape index (κ1) is 10.0. The maximum absolute atomic E-state index is 4.08. The molecule has 0 heterocycles. The van der Waals surface area contributed by atoms with E-state index in [1.165, 1.54) is 23.1 Å². The van der Waals surface area contributed by atoms with E-state index in [2.05, 4.69) is 44.7 Å². The molecule has 70 valence electrons. The molecule has 0 unspecified atom stereocenters. The van der Waals surface area contributed by atoms with Gasteiger partial charge < -0.3 is 0 Å². The van der Waals surface area contributed by atoms with Crippen LogP contribution in [0, 0.1) is 6.92 Å². The zero-order valence-electron chi connectivity index (χ0n) is 8.64. The van der Waals surface area contributed by atoms with E-state index in [0.717, 1.165) is 12.8 Å². The Morgan fingerprint density at radius 2 is 2.00 bits per heavy atom. The van der Waals surface area contributed by atoms with E-state index in [-0.39, 0.29) is 0 Å². The third-order valence-corrected chi connectivity index (χ3v) is 2.31. The molecule has 0 aliphatic carbocycles. The van der Waals surface area contributed by atoms with Crippen LogP contribution in [-0.2, 0) is 6.42 Å². The van der Waals surface area contributed by atoms with Gasteiger partial charge in [-0.05, 0) is 30.9 Å². The monoisotopic (exact) mass is 174 g/mol. The topological polar surface area (TPSA) is 0 Å². The van der Waals surface area contributed by atoms with Gasteiger partial charge in [0.05, 0.1) is 0 Å². The fraction of sp³-hybridized carbons (Fsp3) is 0.385. The van der Waals surface area contributed by atoms with Gasteiger partial charge >= 0.3 is 0 Å². The minimum absolute atomic E-state index is 1.04. The number of aryl methyl sites for hydroxylation is 1. The molecule has 0 spiro atoms. The highest BCUT2D eigenvalue weighted by molar-refractivity contribution is 5.29. The summed E-state index contributed by atoms with van der Waals surface area (Å²) in [6, 6.07) is 8.54. The molecule has 0 saturated heterocycles. The molecule has 0 atom stereocenters. The molecular formula is C13H18. The van der Waals surface area contributed by atoms with Gasteiger partial charge in [-0.3, -0.25) is 0 Å². The predicted molar refractivity (Wildman–Crippen MR) is 58.9 cm³/mol. The second-order valence-electron chi connectivity index (χ2n) is 3.60. The molecule has 0 radical (unpaired) electrons. The van der Waals surface area contributed by atoms with E-state index in [9.17, 15) is 0 Å². The Morgan fingerprint density at radius 3 is 2.62 bits per heavy atom. The highest BCUT2D eigenvalue weighted by Crippen LogP contribution is 2.14. The average molecular weight is 174 g/mol. The van der Waals surface area contributed by atoms with Gasteiger partial charge in [0.2, 0.25) is 0 Å². The fourth-order valence-corrected chi connectivity index (χ4v) is 1.52. The molecule has 0 aromatic heterocycles. The zero-order valence-corrected chi connectivity index (χ0v) is 8.64. The summed E-state index contributed by atoms with van der Waals surface area (Å²) in [5.41, 5.74) is 4.14. The Balaban J connectivity index is 2.63. The molecule has 0 N–H and O–H groups in total. The molecule has 0 nitrogen and oxygen atoms in total. The third kappa shape index (κ3) is 3.06. The number of rotatable bonds is 4. The molecule has 0 amide bonds. The van der Waals surface area contributed by atoms with Crippen molar-refractivity contribution < 1.29 is 0 Å². The Bertz CT molecular complexity index is 284. The molecule has 13 heavy (non-hydrogen) atoms. The van der Waals surface area contributed by atoms with Crippen LogP contribution in [0.25, 0.3) is 0 Å². The SMILES string of the molecule is C=C(CCC)Cc1ccccc1C. The van der Waals surface area contributed by atoms with Crippen molar-refractivity contribution in [2.24, 2.45) is 0 Å². The minimum Gasteiger partial charge on any atom is -0.0995 e. The van der Waals surface area contributed by atoms with Crippen LogP contribution in [0.4, 0.5) is 0 Å². The van der Waals surface area contributed by atoms with Crippen LogP contribution in [0.2, 0.25) is 0 Å². The molecular weight excluding hydrogens is 156 g/mol. The van der Waals surface area contributed by atoms with E-state index in [1.54, 1.807) is 0 Å². The molecule has 0 aliphatic heterocycles. The molecule has 0 fully saturated rings. The first-order valence-electron chi connectivity index (χ1n) is 4.95. The van der Waals surface area contributed by atoms with Crippen molar-refractivity contribution in [3.05, 3.63) is 47.5 Å². The van der Waals surface area contributed by atoms with E-state index in [0.29, 0.717) is 0 Å². The van der Waals surface area contributed by atoms with E-state index in [4.69, 9.17) is 0 Å². The van der Waals surface area contributed by atoms with Crippen LogP contribution >= 0.6 is 0 Å². The van der Waals surface area contributed by atoms with Crippen LogP contribution in [0.1, 0.15) is 30.9 Å². The van der Waals surface area contributed by atoms with Crippen molar-refractivity contribution in [1.82, 2.24) is 0 Å². The lowest BCUT2D eigenvalue weighted by atomic mass is 9.99. The largest absolute Gasteiger partial charge is 0.0995 e. The molecule has 0 bridgehead atoms. The molecule has 1 aromatic carbocycles. The Kier molecular flexibility index (Phi) is 3.75. The summed E-state index contributed by atoms with van der Waals surface area (Å²) in [6.45, 7) is 8.44. The molecule has 1 aromatic rings. The maximum Gasteiger partial charge on any atom is -0.00672 e. The molecule has 0 aliphatic rings. The Morgan fingerprint density at radius 1 is 1.31 bits per heavy atom. The first-order chi connectivity index (χ1) is 6.24. The lowest BCUT2D eigenvalue weighted by Crippen LogP contribution is -1.91. The van der Waals surface area contributed by atoms with Crippen LogP contribution in [-0.4, -0.2) is 0 Å². The maximum atomic E-state index is 4.08. The van der Waals surface area contributed by atoms with Crippen molar-refractivity contribution in [1.29, 1.82) is 0 Å². The highest BCUT2D eigenvalue weighted by Gasteiger charge is 1.98. The summed E-state index contributed by atoms with van der Waals surface area (Å²) < 4.78 is 0. The predicted octanol–water partition coefficient (Wildman–Crippen LogP) is 3.89. The summed E-state index contributed by atoms with van der Waals surface area (Å²) in [7, 11) is 0. The lowest BCUT2D eigenvalue weighted by molar-refractivity contribution is 0.873. The summed E-state index contributed by atoms with van der Waals surface area (Å²) in [5.74, 6) is 0. The van der Waals surface area contributed by atoms with Crippen molar-refractivity contribution in [2.75, 3.05) is 0 Å². The van der Waals surface area contributed by atoms with Gasteiger partial charge in [-0.25, -0.2) is 0 Å².